The van der Waals surface area contributed by atoms with Crippen molar-refractivity contribution >= 4 is 11.7 Å². The van der Waals surface area contributed by atoms with Crippen molar-refractivity contribution < 1.29 is 23.4 Å². The van der Waals surface area contributed by atoms with Crippen molar-refractivity contribution in [1.29, 1.82) is 0 Å². The lowest BCUT2D eigenvalue weighted by molar-refractivity contribution is -0.116. The molecule has 1 aliphatic rings. The highest BCUT2D eigenvalue weighted by Crippen LogP contribution is 2.44. The van der Waals surface area contributed by atoms with Crippen LogP contribution in [0.4, 0.5) is 10.2 Å². The fraction of sp³-hybridized carbons (Fsp3) is 0.238. The van der Waals surface area contributed by atoms with Crippen molar-refractivity contribution in [1.82, 2.24) is 9.55 Å². The third kappa shape index (κ3) is 3.26. The van der Waals surface area contributed by atoms with Crippen LogP contribution in [0.15, 0.2) is 42.7 Å². The zero-order valence-electron chi connectivity index (χ0n) is 16.2. The fourth-order valence-corrected chi connectivity index (χ4v) is 3.58. The average Bonchev–Trinajstić information content (AvgIpc) is 3.16. The second kappa shape index (κ2) is 7.46. The van der Waals surface area contributed by atoms with E-state index in [0.29, 0.717) is 34.4 Å². The van der Waals surface area contributed by atoms with Crippen molar-refractivity contribution in [2.24, 2.45) is 0 Å². The number of benzene rings is 2. The normalized spacial score (nSPS) is 15.4. The molecule has 0 saturated heterocycles. The van der Waals surface area contributed by atoms with Crippen LogP contribution in [0.25, 0.3) is 5.69 Å². The molecule has 1 aliphatic heterocycles. The first-order valence-electron chi connectivity index (χ1n) is 8.98. The van der Waals surface area contributed by atoms with Gasteiger partial charge in [-0.25, -0.2) is 9.37 Å². The number of rotatable bonds is 5. The molecule has 0 radical (unpaired) electrons. The maximum atomic E-state index is 13.3. The quantitative estimate of drug-likeness (QED) is 0.713. The van der Waals surface area contributed by atoms with Gasteiger partial charge in [0.05, 0.1) is 27.0 Å². The van der Waals surface area contributed by atoms with Crippen LogP contribution in [0.1, 0.15) is 23.6 Å². The summed E-state index contributed by atoms with van der Waals surface area (Å²) in [5.74, 6) is 1.29. The van der Waals surface area contributed by atoms with Crippen molar-refractivity contribution in [3.63, 3.8) is 0 Å². The zero-order chi connectivity index (χ0) is 20.5. The molecule has 0 aliphatic carbocycles. The molecule has 0 bridgehead atoms. The van der Waals surface area contributed by atoms with Gasteiger partial charge in [-0.3, -0.25) is 9.36 Å². The Morgan fingerprint density at radius 3 is 2.31 bits per heavy atom. The number of hydrogen-bond acceptors (Lipinski definition) is 5. The summed E-state index contributed by atoms with van der Waals surface area (Å²) in [6.07, 6.45) is 1.85. The molecule has 0 saturated carbocycles. The molecule has 8 heteroatoms. The maximum absolute atomic E-state index is 13.3. The Labute approximate surface area is 167 Å². The molecule has 0 spiro atoms. The molecule has 150 valence electrons. The number of nitrogens with zero attached hydrogens (tertiary/aromatic N) is 2. The standard InChI is InChI=1S/C21H20FN3O4/c1-27-16-8-12(9-17(28-2)20(16)29-3)15-10-18(26)24-21-19(15)23-11-25(21)14-6-4-13(22)5-7-14/h4-9,11,15H,10H2,1-3H3,(H,24,26). The first kappa shape index (κ1) is 18.8. The largest absolute Gasteiger partial charge is 0.493 e. The number of carbonyl (C=O) groups excluding carboxylic acids is 1. The Morgan fingerprint density at radius 1 is 1.07 bits per heavy atom. The van der Waals surface area contributed by atoms with Crippen LogP contribution in [-0.4, -0.2) is 36.8 Å². The number of fused-ring (bicyclic) bond motifs is 1. The van der Waals surface area contributed by atoms with Crippen molar-refractivity contribution in [2.75, 3.05) is 26.6 Å². The second-order valence-corrected chi connectivity index (χ2v) is 6.59. The van der Waals surface area contributed by atoms with Crippen molar-refractivity contribution in [2.45, 2.75) is 12.3 Å². The molecule has 7 nitrogen and oxygen atoms in total. The molecule has 1 atom stereocenters. The average molecular weight is 397 g/mol. The molecule has 4 rings (SSSR count). The van der Waals surface area contributed by atoms with E-state index in [4.69, 9.17) is 14.2 Å². The highest BCUT2D eigenvalue weighted by molar-refractivity contribution is 5.94. The zero-order valence-corrected chi connectivity index (χ0v) is 16.2. The number of carbonyl (C=O) groups is 1. The maximum Gasteiger partial charge on any atom is 0.226 e. The molecule has 0 fully saturated rings. The van der Waals surface area contributed by atoms with E-state index in [9.17, 15) is 9.18 Å². The molecule has 1 unspecified atom stereocenters. The molecule has 3 aromatic rings. The summed E-state index contributed by atoms with van der Waals surface area (Å²) < 4.78 is 31.3. The van der Waals surface area contributed by atoms with Gasteiger partial charge in [0.15, 0.2) is 11.5 Å². The van der Waals surface area contributed by atoms with Crippen LogP contribution in [-0.2, 0) is 4.79 Å². The lowest BCUT2D eigenvalue weighted by Gasteiger charge is -2.24. The molecule has 1 amide bonds. The summed E-state index contributed by atoms with van der Waals surface area (Å²) in [6.45, 7) is 0. The minimum absolute atomic E-state index is 0.139. The third-order valence-corrected chi connectivity index (χ3v) is 4.97. The minimum Gasteiger partial charge on any atom is -0.493 e. The predicted octanol–water partition coefficient (Wildman–Crippen LogP) is 3.51. The highest BCUT2D eigenvalue weighted by atomic mass is 19.1. The summed E-state index contributed by atoms with van der Waals surface area (Å²) in [5, 5.41) is 2.88. The molecule has 1 N–H and O–H groups in total. The minimum atomic E-state index is -0.331. The Hall–Kier alpha value is -3.55. The van der Waals surface area contributed by atoms with E-state index in [1.165, 1.54) is 19.2 Å². The number of methoxy groups -OCH3 is 3. The first-order valence-corrected chi connectivity index (χ1v) is 8.98. The number of aromatic nitrogens is 2. The van der Waals surface area contributed by atoms with Gasteiger partial charge in [0.2, 0.25) is 11.7 Å². The van der Waals surface area contributed by atoms with Gasteiger partial charge in [0, 0.05) is 18.0 Å². The van der Waals surface area contributed by atoms with Gasteiger partial charge in [-0.05, 0) is 42.0 Å². The summed E-state index contributed by atoms with van der Waals surface area (Å²) >= 11 is 0. The van der Waals surface area contributed by atoms with Gasteiger partial charge in [0.1, 0.15) is 18.0 Å². The van der Waals surface area contributed by atoms with Crippen LogP contribution >= 0.6 is 0 Å². The van der Waals surface area contributed by atoms with E-state index in [1.807, 2.05) is 12.1 Å². The number of amides is 1. The predicted molar refractivity (Wildman–Crippen MR) is 105 cm³/mol. The van der Waals surface area contributed by atoms with E-state index in [1.54, 1.807) is 37.2 Å². The smallest absolute Gasteiger partial charge is 0.226 e. The molecule has 2 heterocycles. The first-order chi connectivity index (χ1) is 14.0. The number of nitrogens with one attached hydrogen (secondary N) is 1. The number of halogens is 1. The summed E-state index contributed by atoms with van der Waals surface area (Å²) in [6, 6.07) is 9.64. The van der Waals surface area contributed by atoms with Crippen LogP contribution in [0.2, 0.25) is 0 Å². The molecular weight excluding hydrogens is 377 g/mol. The van der Waals surface area contributed by atoms with Gasteiger partial charge in [-0.2, -0.15) is 0 Å². The Balaban J connectivity index is 1.82. The topological polar surface area (TPSA) is 74.6 Å². The fourth-order valence-electron chi connectivity index (χ4n) is 3.58. The van der Waals surface area contributed by atoms with Gasteiger partial charge < -0.3 is 19.5 Å². The number of ether oxygens (including phenoxy) is 3. The summed E-state index contributed by atoms with van der Waals surface area (Å²) in [4.78, 5) is 17.0. The molecule has 1 aromatic heterocycles. The Kier molecular flexibility index (Phi) is 4.84. The number of imidazole rings is 1. The van der Waals surface area contributed by atoms with E-state index < -0.39 is 0 Å². The van der Waals surface area contributed by atoms with Crippen molar-refractivity contribution in [3.8, 4) is 22.9 Å². The Morgan fingerprint density at radius 2 is 1.72 bits per heavy atom. The van der Waals surface area contributed by atoms with Gasteiger partial charge in [0.25, 0.3) is 0 Å². The van der Waals surface area contributed by atoms with E-state index >= 15 is 0 Å². The summed E-state index contributed by atoms with van der Waals surface area (Å²) in [7, 11) is 4.63. The van der Waals surface area contributed by atoms with Crippen molar-refractivity contribution in [3.05, 3.63) is 59.8 Å². The molecule has 2 aromatic carbocycles. The van der Waals surface area contributed by atoms with Crippen LogP contribution in [0.3, 0.4) is 0 Å². The van der Waals surface area contributed by atoms with Gasteiger partial charge >= 0.3 is 0 Å². The van der Waals surface area contributed by atoms with E-state index in [-0.39, 0.29) is 24.1 Å². The van der Waals surface area contributed by atoms with Crippen LogP contribution in [0, 0.1) is 5.82 Å². The van der Waals surface area contributed by atoms with Gasteiger partial charge in [-0.1, -0.05) is 0 Å². The SMILES string of the molecule is COc1cc(C2CC(=O)Nc3c2ncn3-c2ccc(F)cc2)cc(OC)c1OC. The highest BCUT2D eigenvalue weighted by Gasteiger charge is 2.32. The monoisotopic (exact) mass is 397 g/mol. The van der Waals surface area contributed by atoms with Crippen LogP contribution in [0.5, 0.6) is 17.2 Å². The number of anilines is 1. The van der Waals surface area contributed by atoms with E-state index in [2.05, 4.69) is 10.3 Å². The third-order valence-electron chi connectivity index (χ3n) is 4.97. The second-order valence-electron chi connectivity index (χ2n) is 6.59. The lowest BCUT2D eigenvalue weighted by Crippen LogP contribution is -2.25. The number of hydrogen-bond donors (Lipinski definition) is 1. The lowest BCUT2D eigenvalue weighted by atomic mass is 9.89. The molecule has 29 heavy (non-hydrogen) atoms. The van der Waals surface area contributed by atoms with Crippen LogP contribution < -0.4 is 19.5 Å². The summed E-state index contributed by atoms with van der Waals surface area (Å²) in [5.41, 5.74) is 2.23. The van der Waals surface area contributed by atoms with Gasteiger partial charge in [-0.15, -0.1) is 0 Å². The Bertz CT molecular complexity index is 1040. The van der Waals surface area contributed by atoms with E-state index in [0.717, 1.165) is 5.56 Å². The molecular formula is C21H20FN3O4.